The molecule has 106 valence electrons. The molecule has 0 aromatic heterocycles. The maximum atomic E-state index is 12.4. The van der Waals surface area contributed by atoms with Crippen LogP contribution in [0.15, 0.2) is 42.5 Å². The van der Waals surface area contributed by atoms with Gasteiger partial charge in [0, 0.05) is 5.56 Å². The van der Waals surface area contributed by atoms with E-state index in [4.69, 9.17) is 11.6 Å². The van der Waals surface area contributed by atoms with Crippen LogP contribution in [0.2, 0.25) is 0 Å². The summed E-state index contributed by atoms with van der Waals surface area (Å²) in [5, 5.41) is -0.524. The zero-order chi connectivity index (χ0) is 14.7. The number of benzene rings is 2. The fourth-order valence-corrected chi connectivity index (χ4v) is 2.31. The van der Waals surface area contributed by atoms with E-state index < -0.39 is 12.0 Å². The maximum absolute atomic E-state index is 12.4. The van der Waals surface area contributed by atoms with Gasteiger partial charge in [-0.25, -0.2) is 0 Å². The van der Waals surface area contributed by atoms with E-state index in [9.17, 15) is 8.78 Å². The van der Waals surface area contributed by atoms with E-state index in [-0.39, 0.29) is 5.75 Å². The lowest BCUT2D eigenvalue weighted by Gasteiger charge is -2.16. The Morgan fingerprint density at radius 1 is 1.00 bits per heavy atom. The standard InChI is InChI=1S/C16H15ClF2O/c1-10-7-8-12(9-11(10)2)15(17)13-5-3-4-6-14(13)20-16(18)19/h3-9,15-16H,1-2H3. The summed E-state index contributed by atoms with van der Waals surface area (Å²) in [4.78, 5) is 0. The molecule has 0 bridgehead atoms. The molecule has 1 atom stereocenters. The molecule has 2 aromatic carbocycles. The molecule has 2 aromatic rings. The Morgan fingerprint density at radius 3 is 2.35 bits per heavy atom. The number of hydrogen-bond donors (Lipinski definition) is 0. The van der Waals surface area contributed by atoms with Crippen LogP contribution in [-0.4, -0.2) is 6.61 Å². The first-order valence-electron chi connectivity index (χ1n) is 6.24. The molecule has 0 aliphatic carbocycles. The monoisotopic (exact) mass is 296 g/mol. The summed E-state index contributed by atoms with van der Waals surface area (Å²) in [6, 6.07) is 12.4. The molecule has 20 heavy (non-hydrogen) atoms. The SMILES string of the molecule is Cc1ccc(C(Cl)c2ccccc2OC(F)F)cc1C. The van der Waals surface area contributed by atoms with E-state index in [0.717, 1.165) is 16.7 Å². The highest BCUT2D eigenvalue weighted by atomic mass is 35.5. The average Bonchev–Trinajstić information content (AvgIpc) is 2.41. The third-order valence-electron chi connectivity index (χ3n) is 3.23. The predicted octanol–water partition coefficient (Wildman–Crippen LogP) is 5.23. The number of halogens is 3. The van der Waals surface area contributed by atoms with Gasteiger partial charge in [-0.05, 0) is 36.6 Å². The van der Waals surface area contributed by atoms with Crippen molar-refractivity contribution in [2.45, 2.75) is 25.8 Å². The lowest BCUT2D eigenvalue weighted by molar-refractivity contribution is -0.0504. The fourth-order valence-electron chi connectivity index (χ4n) is 2.00. The van der Waals surface area contributed by atoms with Crippen LogP contribution >= 0.6 is 11.6 Å². The van der Waals surface area contributed by atoms with Crippen LogP contribution in [0, 0.1) is 13.8 Å². The lowest BCUT2D eigenvalue weighted by Crippen LogP contribution is -2.06. The molecule has 0 N–H and O–H groups in total. The van der Waals surface area contributed by atoms with Crippen LogP contribution in [0.25, 0.3) is 0 Å². The van der Waals surface area contributed by atoms with E-state index in [0.29, 0.717) is 5.56 Å². The number of rotatable bonds is 4. The topological polar surface area (TPSA) is 9.23 Å². The largest absolute Gasteiger partial charge is 0.434 e. The highest BCUT2D eigenvalue weighted by molar-refractivity contribution is 6.22. The van der Waals surface area contributed by atoms with Crippen LogP contribution in [0.5, 0.6) is 5.75 Å². The van der Waals surface area contributed by atoms with Crippen LogP contribution < -0.4 is 4.74 Å². The Labute approximate surface area is 122 Å². The Morgan fingerprint density at radius 2 is 1.70 bits per heavy atom. The number of aryl methyl sites for hydroxylation is 2. The smallest absolute Gasteiger partial charge is 0.387 e. The Hall–Kier alpha value is -1.61. The molecule has 0 radical (unpaired) electrons. The van der Waals surface area contributed by atoms with Crippen LogP contribution in [0.3, 0.4) is 0 Å². The van der Waals surface area contributed by atoms with Gasteiger partial charge in [0.1, 0.15) is 5.75 Å². The zero-order valence-electron chi connectivity index (χ0n) is 11.2. The van der Waals surface area contributed by atoms with Gasteiger partial charge < -0.3 is 4.74 Å². The summed E-state index contributed by atoms with van der Waals surface area (Å²) in [7, 11) is 0. The van der Waals surface area contributed by atoms with Crippen LogP contribution in [0.1, 0.15) is 27.6 Å². The van der Waals surface area contributed by atoms with Gasteiger partial charge in [-0.1, -0.05) is 36.4 Å². The van der Waals surface area contributed by atoms with Gasteiger partial charge in [0.2, 0.25) is 0 Å². The van der Waals surface area contributed by atoms with Crippen molar-refractivity contribution in [2.24, 2.45) is 0 Å². The van der Waals surface area contributed by atoms with Gasteiger partial charge in [-0.3, -0.25) is 0 Å². The minimum atomic E-state index is -2.86. The molecular formula is C16H15ClF2O. The Bertz CT molecular complexity index is 599. The minimum absolute atomic E-state index is 0.112. The van der Waals surface area contributed by atoms with Crippen molar-refractivity contribution in [3.8, 4) is 5.75 Å². The van der Waals surface area contributed by atoms with Gasteiger partial charge in [-0.2, -0.15) is 8.78 Å². The molecule has 0 spiro atoms. The van der Waals surface area contributed by atoms with Crippen LogP contribution in [0.4, 0.5) is 8.78 Å². The van der Waals surface area contributed by atoms with Crippen molar-refractivity contribution in [3.05, 3.63) is 64.7 Å². The Kier molecular flexibility index (Phi) is 4.61. The quantitative estimate of drug-likeness (QED) is 0.702. The van der Waals surface area contributed by atoms with Crippen molar-refractivity contribution in [1.29, 1.82) is 0 Å². The molecule has 0 heterocycles. The van der Waals surface area contributed by atoms with Gasteiger partial charge in [0.15, 0.2) is 0 Å². The fraction of sp³-hybridized carbons (Fsp3) is 0.250. The maximum Gasteiger partial charge on any atom is 0.387 e. The highest BCUT2D eigenvalue weighted by Crippen LogP contribution is 2.36. The third kappa shape index (κ3) is 3.28. The molecule has 0 aliphatic rings. The normalized spacial score (nSPS) is 12.5. The highest BCUT2D eigenvalue weighted by Gasteiger charge is 2.18. The van der Waals surface area contributed by atoms with Crippen molar-refractivity contribution in [1.82, 2.24) is 0 Å². The number of hydrogen-bond acceptors (Lipinski definition) is 1. The van der Waals surface area contributed by atoms with Gasteiger partial charge in [0.25, 0.3) is 0 Å². The summed E-state index contributed by atoms with van der Waals surface area (Å²) in [5.41, 5.74) is 3.67. The lowest BCUT2D eigenvalue weighted by atomic mass is 9.99. The molecule has 0 amide bonds. The van der Waals surface area contributed by atoms with E-state index >= 15 is 0 Å². The Balaban J connectivity index is 2.37. The molecule has 0 saturated carbocycles. The van der Waals surface area contributed by atoms with E-state index in [1.54, 1.807) is 18.2 Å². The molecule has 4 heteroatoms. The number of alkyl halides is 3. The first kappa shape index (κ1) is 14.8. The van der Waals surface area contributed by atoms with Crippen molar-refractivity contribution >= 4 is 11.6 Å². The summed E-state index contributed by atoms with van der Waals surface area (Å²) in [6.45, 7) is 1.14. The second kappa shape index (κ2) is 6.23. The average molecular weight is 297 g/mol. The molecule has 0 saturated heterocycles. The third-order valence-corrected chi connectivity index (χ3v) is 3.72. The molecule has 1 unspecified atom stereocenters. The van der Waals surface area contributed by atoms with Gasteiger partial charge >= 0.3 is 6.61 Å². The van der Waals surface area contributed by atoms with Crippen LogP contribution in [-0.2, 0) is 0 Å². The van der Waals surface area contributed by atoms with E-state index in [2.05, 4.69) is 4.74 Å². The van der Waals surface area contributed by atoms with E-state index in [1.165, 1.54) is 6.07 Å². The number of ether oxygens (including phenoxy) is 1. The summed E-state index contributed by atoms with van der Waals surface area (Å²) in [6.07, 6.45) is 0. The minimum Gasteiger partial charge on any atom is -0.434 e. The second-order valence-electron chi connectivity index (χ2n) is 4.62. The van der Waals surface area contributed by atoms with Crippen molar-refractivity contribution in [3.63, 3.8) is 0 Å². The molecular weight excluding hydrogens is 282 g/mol. The molecule has 0 aliphatic heterocycles. The first-order chi connectivity index (χ1) is 9.49. The molecule has 1 nitrogen and oxygen atoms in total. The van der Waals surface area contributed by atoms with Crippen molar-refractivity contribution in [2.75, 3.05) is 0 Å². The van der Waals surface area contributed by atoms with E-state index in [1.807, 2.05) is 32.0 Å². The van der Waals surface area contributed by atoms with Crippen molar-refractivity contribution < 1.29 is 13.5 Å². The van der Waals surface area contributed by atoms with Gasteiger partial charge in [-0.15, -0.1) is 11.6 Å². The number of para-hydroxylation sites is 1. The summed E-state index contributed by atoms with van der Waals surface area (Å²) in [5.74, 6) is 0.112. The molecule has 2 rings (SSSR count). The summed E-state index contributed by atoms with van der Waals surface area (Å²) < 4.78 is 29.4. The zero-order valence-corrected chi connectivity index (χ0v) is 12.0. The summed E-state index contributed by atoms with van der Waals surface area (Å²) >= 11 is 6.42. The van der Waals surface area contributed by atoms with Gasteiger partial charge in [0.05, 0.1) is 5.38 Å². The predicted molar refractivity (Wildman–Crippen MR) is 76.7 cm³/mol. The first-order valence-corrected chi connectivity index (χ1v) is 6.67. The second-order valence-corrected chi connectivity index (χ2v) is 5.06. The molecule has 0 fully saturated rings.